The molecule has 1 aliphatic rings. The minimum absolute atomic E-state index is 0.169. The molecule has 0 bridgehead atoms. The number of pyridine rings is 1. The molecule has 0 spiro atoms. The van der Waals surface area contributed by atoms with Gasteiger partial charge in [0.15, 0.2) is 5.69 Å². The van der Waals surface area contributed by atoms with E-state index in [1.807, 2.05) is 26.0 Å². The van der Waals surface area contributed by atoms with Gasteiger partial charge in [-0.2, -0.15) is 10.4 Å². The molecule has 0 aliphatic carbocycles. The normalized spacial score (nSPS) is 14.0. The molecule has 1 amide bonds. The van der Waals surface area contributed by atoms with Gasteiger partial charge in [0.2, 0.25) is 0 Å². The number of amides is 1. The van der Waals surface area contributed by atoms with Crippen molar-refractivity contribution in [2.75, 3.05) is 31.1 Å². The molecular weight excluding hydrogens is 380 g/mol. The van der Waals surface area contributed by atoms with Crippen molar-refractivity contribution in [1.29, 1.82) is 5.26 Å². The molecule has 8 nitrogen and oxygen atoms in total. The fraction of sp³-hybridized carbons (Fsp3) is 0.318. The summed E-state index contributed by atoms with van der Waals surface area (Å²) in [4.78, 5) is 34.1. The van der Waals surface area contributed by atoms with E-state index in [0.717, 1.165) is 11.4 Å². The van der Waals surface area contributed by atoms with Crippen LogP contribution in [0.1, 0.15) is 28.5 Å². The van der Waals surface area contributed by atoms with Crippen molar-refractivity contribution >= 4 is 22.5 Å². The molecule has 0 saturated carbocycles. The third-order valence-electron chi connectivity index (χ3n) is 5.42. The highest BCUT2D eigenvalue weighted by Gasteiger charge is 2.26. The summed E-state index contributed by atoms with van der Waals surface area (Å²) in [5.74, 6) is 0.668. The summed E-state index contributed by atoms with van der Waals surface area (Å²) >= 11 is 0. The molecule has 1 aromatic carbocycles. The van der Waals surface area contributed by atoms with Gasteiger partial charge in [0.1, 0.15) is 11.9 Å². The monoisotopic (exact) mass is 402 g/mol. The van der Waals surface area contributed by atoms with Crippen molar-refractivity contribution in [3.63, 3.8) is 0 Å². The van der Waals surface area contributed by atoms with Crippen molar-refractivity contribution in [3.05, 3.63) is 63.7 Å². The second kappa shape index (κ2) is 7.95. The van der Waals surface area contributed by atoms with Crippen LogP contribution in [-0.2, 0) is 6.54 Å². The van der Waals surface area contributed by atoms with Gasteiger partial charge in [0.25, 0.3) is 11.5 Å². The van der Waals surface area contributed by atoms with Crippen molar-refractivity contribution in [3.8, 4) is 6.07 Å². The van der Waals surface area contributed by atoms with Crippen molar-refractivity contribution in [2.24, 2.45) is 0 Å². The van der Waals surface area contributed by atoms with E-state index in [9.17, 15) is 9.59 Å². The number of anilines is 1. The van der Waals surface area contributed by atoms with E-state index in [0.29, 0.717) is 54.8 Å². The Balaban J connectivity index is 1.58. The number of nitrogens with zero attached hydrogens (tertiary/aromatic N) is 6. The number of carbonyl (C=O) groups is 1. The molecule has 30 heavy (non-hydrogen) atoms. The predicted molar refractivity (Wildman–Crippen MR) is 113 cm³/mol. The molecule has 3 aromatic rings. The van der Waals surface area contributed by atoms with Crippen LogP contribution in [0.5, 0.6) is 0 Å². The number of rotatable bonds is 3. The molecule has 3 heterocycles. The van der Waals surface area contributed by atoms with Gasteiger partial charge < -0.3 is 9.80 Å². The van der Waals surface area contributed by atoms with Crippen molar-refractivity contribution in [2.45, 2.75) is 20.4 Å². The zero-order valence-corrected chi connectivity index (χ0v) is 17.0. The van der Waals surface area contributed by atoms with E-state index < -0.39 is 0 Å². The number of hydrogen-bond donors (Lipinski definition) is 0. The molecule has 0 atom stereocenters. The minimum atomic E-state index is -0.183. The fourth-order valence-electron chi connectivity index (χ4n) is 3.84. The van der Waals surface area contributed by atoms with Gasteiger partial charge in [-0.3, -0.25) is 9.59 Å². The molecule has 2 aromatic heterocycles. The molecule has 0 radical (unpaired) electrons. The number of nitriles is 1. The largest absolute Gasteiger partial charge is 0.353 e. The third-order valence-corrected chi connectivity index (χ3v) is 5.42. The molecule has 1 fully saturated rings. The highest BCUT2D eigenvalue weighted by atomic mass is 16.2. The van der Waals surface area contributed by atoms with Crippen LogP contribution in [0.25, 0.3) is 10.8 Å². The van der Waals surface area contributed by atoms with Gasteiger partial charge in [-0.25, -0.2) is 9.67 Å². The number of aryl methyl sites for hydroxylation is 2. The molecule has 1 saturated heterocycles. The standard InChI is InChI=1S/C22H22N6O2/c1-3-28-21(29)18-7-5-4-6-17(18)19(25-28)22(30)27-10-8-26(9-11-27)20-15(2)12-16(13-23)14-24-20/h4-7,12,14H,3,8-11H2,1-2H3. The first-order valence-electron chi connectivity index (χ1n) is 9.94. The second-order valence-corrected chi connectivity index (χ2v) is 7.27. The van der Waals surface area contributed by atoms with Gasteiger partial charge in [-0.05, 0) is 31.5 Å². The summed E-state index contributed by atoms with van der Waals surface area (Å²) in [7, 11) is 0. The Bertz CT molecular complexity index is 1220. The molecule has 152 valence electrons. The Hall–Kier alpha value is -3.73. The Morgan fingerprint density at radius 2 is 1.87 bits per heavy atom. The second-order valence-electron chi connectivity index (χ2n) is 7.27. The first-order valence-corrected chi connectivity index (χ1v) is 9.94. The van der Waals surface area contributed by atoms with Gasteiger partial charge in [-0.15, -0.1) is 0 Å². The van der Waals surface area contributed by atoms with Gasteiger partial charge in [0.05, 0.1) is 10.9 Å². The maximum Gasteiger partial charge on any atom is 0.275 e. The summed E-state index contributed by atoms with van der Waals surface area (Å²) in [5.41, 5.74) is 1.61. The quantitative estimate of drug-likeness (QED) is 0.665. The zero-order chi connectivity index (χ0) is 21.3. The minimum Gasteiger partial charge on any atom is -0.353 e. The maximum atomic E-state index is 13.3. The molecule has 8 heteroatoms. The first kappa shape index (κ1) is 19.6. The van der Waals surface area contributed by atoms with Gasteiger partial charge in [-0.1, -0.05) is 18.2 Å². The molecule has 0 unspecified atom stereocenters. The van der Waals surface area contributed by atoms with Crippen molar-refractivity contribution in [1.82, 2.24) is 19.7 Å². The lowest BCUT2D eigenvalue weighted by Crippen LogP contribution is -2.49. The average Bonchev–Trinajstić information content (AvgIpc) is 2.79. The van der Waals surface area contributed by atoms with E-state index in [2.05, 4.69) is 21.1 Å². The lowest BCUT2D eigenvalue weighted by molar-refractivity contribution is 0.0740. The highest BCUT2D eigenvalue weighted by Crippen LogP contribution is 2.21. The van der Waals surface area contributed by atoms with Crippen LogP contribution in [0.3, 0.4) is 0 Å². The van der Waals surface area contributed by atoms with Crippen LogP contribution >= 0.6 is 0 Å². The van der Waals surface area contributed by atoms with E-state index >= 15 is 0 Å². The summed E-state index contributed by atoms with van der Waals surface area (Å²) < 4.78 is 1.34. The number of piperazine rings is 1. The zero-order valence-electron chi connectivity index (χ0n) is 17.0. The van der Waals surface area contributed by atoms with E-state index in [1.54, 1.807) is 29.3 Å². The van der Waals surface area contributed by atoms with E-state index in [4.69, 9.17) is 5.26 Å². The molecular formula is C22H22N6O2. The Morgan fingerprint density at radius 1 is 1.17 bits per heavy atom. The lowest BCUT2D eigenvalue weighted by atomic mass is 10.1. The van der Waals surface area contributed by atoms with Gasteiger partial charge >= 0.3 is 0 Å². The lowest BCUT2D eigenvalue weighted by Gasteiger charge is -2.36. The number of hydrogen-bond acceptors (Lipinski definition) is 6. The van der Waals surface area contributed by atoms with E-state index in [-0.39, 0.29) is 11.5 Å². The SMILES string of the molecule is CCn1nc(C(=O)N2CCN(c3ncc(C#N)cc3C)CC2)c2ccccc2c1=O. The summed E-state index contributed by atoms with van der Waals surface area (Å²) in [6.07, 6.45) is 1.57. The fourth-order valence-corrected chi connectivity index (χ4v) is 3.84. The van der Waals surface area contributed by atoms with E-state index in [1.165, 1.54) is 4.68 Å². The number of fused-ring (bicyclic) bond motifs is 1. The smallest absolute Gasteiger partial charge is 0.275 e. The summed E-state index contributed by atoms with van der Waals surface area (Å²) in [6.45, 7) is 6.51. The van der Waals surface area contributed by atoms with Crippen LogP contribution in [0.4, 0.5) is 5.82 Å². The van der Waals surface area contributed by atoms with Crippen LogP contribution < -0.4 is 10.5 Å². The van der Waals surface area contributed by atoms with Crippen LogP contribution in [0, 0.1) is 18.3 Å². The topological polar surface area (TPSA) is 95.1 Å². The van der Waals surface area contributed by atoms with Crippen molar-refractivity contribution < 1.29 is 4.79 Å². The number of benzene rings is 1. The first-order chi connectivity index (χ1) is 14.5. The van der Waals surface area contributed by atoms with Crippen LogP contribution in [0.15, 0.2) is 41.3 Å². The Labute approximate surface area is 174 Å². The average molecular weight is 402 g/mol. The van der Waals surface area contributed by atoms with Crippen LogP contribution in [-0.4, -0.2) is 51.8 Å². The predicted octanol–water partition coefficient (Wildman–Crippen LogP) is 1.95. The summed E-state index contributed by atoms with van der Waals surface area (Å²) in [5, 5.41) is 14.5. The number of aromatic nitrogens is 3. The molecule has 1 aliphatic heterocycles. The maximum absolute atomic E-state index is 13.3. The Kier molecular flexibility index (Phi) is 5.19. The molecule has 4 rings (SSSR count). The number of carbonyl (C=O) groups excluding carboxylic acids is 1. The summed E-state index contributed by atoms with van der Waals surface area (Å²) in [6, 6.07) is 11.0. The molecule has 0 N–H and O–H groups in total. The Morgan fingerprint density at radius 3 is 2.50 bits per heavy atom. The van der Waals surface area contributed by atoms with Gasteiger partial charge in [0, 0.05) is 44.3 Å². The third kappa shape index (κ3) is 3.39. The van der Waals surface area contributed by atoms with Crippen LogP contribution in [0.2, 0.25) is 0 Å². The highest BCUT2D eigenvalue weighted by molar-refractivity contribution is 6.04.